The van der Waals surface area contributed by atoms with Crippen molar-refractivity contribution in [3.05, 3.63) is 53.1 Å². The second-order valence-corrected chi connectivity index (χ2v) is 6.85. The zero-order valence-corrected chi connectivity index (χ0v) is 13.9. The van der Waals surface area contributed by atoms with E-state index in [0.717, 1.165) is 24.7 Å². The summed E-state index contributed by atoms with van der Waals surface area (Å²) in [7, 11) is 0. The van der Waals surface area contributed by atoms with Crippen LogP contribution in [0, 0.1) is 11.6 Å². The molecule has 2 unspecified atom stereocenters. The van der Waals surface area contributed by atoms with E-state index in [1.165, 1.54) is 6.07 Å². The molecule has 0 radical (unpaired) electrons. The second kappa shape index (κ2) is 6.13. The highest BCUT2D eigenvalue weighted by atomic mass is 19.1. The summed E-state index contributed by atoms with van der Waals surface area (Å²) in [6.45, 7) is 2.08. The van der Waals surface area contributed by atoms with Crippen LogP contribution in [0.1, 0.15) is 61.3 Å². The number of hydrogen-bond acceptors (Lipinski definition) is 2. The first-order valence-electron chi connectivity index (χ1n) is 8.60. The molecule has 1 aliphatic carbocycles. The molecular formula is C18H20F2N4O. The van der Waals surface area contributed by atoms with Crippen molar-refractivity contribution in [2.75, 3.05) is 0 Å². The number of imidazole rings is 1. The van der Waals surface area contributed by atoms with Crippen LogP contribution in [0.2, 0.25) is 0 Å². The minimum Gasteiger partial charge on any atom is -0.331 e. The lowest BCUT2D eigenvalue weighted by atomic mass is 9.87. The molecular weight excluding hydrogens is 326 g/mol. The van der Waals surface area contributed by atoms with Gasteiger partial charge in [0.25, 0.3) is 0 Å². The van der Waals surface area contributed by atoms with Crippen LogP contribution in [0.5, 0.6) is 0 Å². The number of aromatic nitrogens is 2. The molecule has 0 fully saturated rings. The molecule has 5 nitrogen and oxygen atoms in total. The van der Waals surface area contributed by atoms with E-state index in [4.69, 9.17) is 0 Å². The minimum absolute atomic E-state index is 0.155. The van der Waals surface area contributed by atoms with Gasteiger partial charge in [0.15, 0.2) is 0 Å². The maximum atomic E-state index is 14.0. The minimum atomic E-state index is -0.614. The Bertz CT molecular complexity index is 819. The predicted molar refractivity (Wildman–Crippen MR) is 88.0 cm³/mol. The zero-order valence-electron chi connectivity index (χ0n) is 13.9. The second-order valence-electron chi connectivity index (χ2n) is 6.85. The summed E-state index contributed by atoms with van der Waals surface area (Å²) in [6.07, 6.45) is 6.40. The fourth-order valence-electron chi connectivity index (χ4n) is 4.00. The monoisotopic (exact) mass is 346 g/mol. The summed E-state index contributed by atoms with van der Waals surface area (Å²) < 4.78 is 29.6. The van der Waals surface area contributed by atoms with Crippen LogP contribution in [0.4, 0.5) is 13.6 Å². The highest BCUT2D eigenvalue weighted by Crippen LogP contribution is 2.34. The van der Waals surface area contributed by atoms with Gasteiger partial charge < -0.3 is 15.2 Å². The smallest absolute Gasteiger partial charge is 0.315 e. The van der Waals surface area contributed by atoms with Gasteiger partial charge in [0.1, 0.15) is 17.5 Å². The first kappa shape index (κ1) is 16.1. The van der Waals surface area contributed by atoms with Crippen LogP contribution in [-0.4, -0.2) is 15.6 Å². The van der Waals surface area contributed by atoms with E-state index < -0.39 is 11.6 Å². The number of halogens is 2. The molecule has 2 aliphatic rings. The molecule has 0 spiro atoms. The fraction of sp³-hybridized carbons (Fsp3) is 0.444. The Morgan fingerprint density at radius 1 is 1.28 bits per heavy atom. The Kier molecular flexibility index (Phi) is 3.94. The highest BCUT2D eigenvalue weighted by Gasteiger charge is 2.31. The number of urea groups is 1. The van der Waals surface area contributed by atoms with E-state index in [-0.39, 0.29) is 24.2 Å². The number of carbonyl (C=O) groups is 1. The zero-order chi connectivity index (χ0) is 17.6. The summed E-state index contributed by atoms with van der Waals surface area (Å²) in [5, 5.41) is 5.81. The van der Waals surface area contributed by atoms with Crippen molar-refractivity contribution in [1.82, 2.24) is 20.2 Å². The van der Waals surface area contributed by atoms with Crippen molar-refractivity contribution >= 4 is 6.03 Å². The molecule has 25 heavy (non-hydrogen) atoms. The third-order valence-electron chi connectivity index (χ3n) is 5.16. The number of nitrogens with one attached hydrogen (secondary N) is 2. The summed E-state index contributed by atoms with van der Waals surface area (Å²) >= 11 is 0. The Hall–Kier alpha value is -2.44. The maximum Gasteiger partial charge on any atom is 0.315 e. The number of rotatable bonds is 2. The van der Waals surface area contributed by atoms with E-state index in [1.807, 2.05) is 10.8 Å². The molecule has 2 amide bonds. The van der Waals surface area contributed by atoms with Gasteiger partial charge in [-0.05, 0) is 49.8 Å². The Balaban J connectivity index is 1.48. The molecule has 1 aliphatic heterocycles. The van der Waals surface area contributed by atoms with Gasteiger partial charge in [-0.1, -0.05) is 0 Å². The summed E-state index contributed by atoms with van der Waals surface area (Å²) in [4.78, 5) is 16.7. The third-order valence-corrected chi connectivity index (χ3v) is 5.16. The van der Waals surface area contributed by atoms with Crippen molar-refractivity contribution < 1.29 is 13.6 Å². The van der Waals surface area contributed by atoms with Gasteiger partial charge in [-0.3, -0.25) is 0 Å². The molecule has 2 heterocycles. The van der Waals surface area contributed by atoms with Gasteiger partial charge in [-0.25, -0.2) is 18.6 Å². The van der Waals surface area contributed by atoms with E-state index in [2.05, 4.69) is 22.5 Å². The first-order valence-corrected chi connectivity index (χ1v) is 8.60. The summed E-state index contributed by atoms with van der Waals surface area (Å²) in [5.74, 6) is -0.311. The highest BCUT2D eigenvalue weighted by molar-refractivity contribution is 5.75. The van der Waals surface area contributed by atoms with Crippen LogP contribution in [0.25, 0.3) is 0 Å². The molecule has 0 saturated heterocycles. The summed E-state index contributed by atoms with van der Waals surface area (Å²) in [6, 6.07) is 1.64. The molecule has 0 bridgehead atoms. The van der Waals surface area contributed by atoms with Crippen molar-refractivity contribution in [1.29, 1.82) is 0 Å². The van der Waals surface area contributed by atoms with Crippen molar-refractivity contribution in [2.24, 2.45) is 0 Å². The van der Waals surface area contributed by atoms with Gasteiger partial charge in [-0.2, -0.15) is 0 Å². The van der Waals surface area contributed by atoms with Crippen molar-refractivity contribution in [3.63, 3.8) is 0 Å². The maximum absolute atomic E-state index is 14.0. The predicted octanol–water partition coefficient (Wildman–Crippen LogP) is 3.54. The normalized spacial score (nSPS) is 24.5. The molecule has 0 saturated carbocycles. The molecule has 2 N–H and O–H groups in total. The van der Waals surface area contributed by atoms with Crippen LogP contribution < -0.4 is 10.6 Å². The fourth-order valence-corrected chi connectivity index (χ4v) is 4.00. The van der Waals surface area contributed by atoms with Gasteiger partial charge in [0.05, 0.1) is 12.1 Å². The Labute approximate surface area is 144 Å². The molecule has 1 aromatic heterocycles. The van der Waals surface area contributed by atoms with E-state index in [9.17, 15) is 13.6 Å². The lowest BCUT2D eigenvalue weighted by molar-refractivity contribution is 0.231. The lowest BCUT2D eigenvalue weighted by Crippen LogP contribution is -2.40. The molecule has 2 aromatic rings. The molecule has 132 valence electrons. The molecule has 3 atom stereocenters. The van der Waals surface area contributed by atoms with Crippen LogP contribution in [-0.2, 0) is 6.42 Å². The number of nitrogens with zero attached hydrogens (tertiary/aromatic N) is 2. The first-order chi connectivity index (χ1) is 12.0. The largest absolute Gasteiger partial charge is 0.331 e. The average molecular weight is 346 g/mol. The molecule has 4 rings (SSSR count). The van der Waals surface area contributed by atoms with Crippen LogP contribution in [0.15, 0.2) is 24.5 Å². The standard InChI is InChI=1S/C18H20F2N4O/c1-10-7-16(17-21-5-6-24(10)17)23-18(25)22-15-4-2-3-12-13(15)8-11(19)9-14(12)20/h5-6,8-10,15-16H,2-4,7H2,1H3,(H2,22,23,25)/t10?,15-,16?/m1/s1. The van der Waals surface area contributed by atoms with Crippen molar-refractivity contribution in [2.45, 2.75) is 50.7 Å². The van der Waals surface area contributed by atoms with E-state index in [0.29, 0.717) is 24.0 Å². The summed E-state index contributed by atoms with van der Waals surface area (Å²) in [5.41, 5.74) is 1.04. The topological polar surface area (TPSA) is 59.0 Å². The van der Waals surface area contributed by atoms with Crippen LogP contribution >= 0.6 is 0 Å². The third kappa shape index (κ3) is 2.88. The molecule has 7 heteroatoms. The number of fused-ring (bicyclic) bond motifs is 2. The number of hydrogen-bond donors (Lipinski definition) is 2. The quantitative estimate of drug-likeness (QED) is 0.874. The number of carbonyl (C=O) groups excluding carboxylic acids is 1. The van der Waals surface area contributed by atoms with E-state index >= 15 is 0 Å². The van der Waals surface area contributed by atoms with Crippen molar-refractivity contribution in [3.8, 4) is 0 Å². The van der Waals surface area contributed by atoms with Gasteiger partial charge >= 0.3 is 6.03 Å². The van der Waals surface area contributed by atoms with Gasteiger partial charge in [0, 0.05) is 24.5 Å². The number of amides is 2. The van der Waals surface area contributed by atoms with E-state index in [1.54, 1.807) is 6.20 Å². The average Bonchev–Trinajstić information content (AvgIpc) is 3.14. The van der Waals surface area contributed by atoms with Gasteiger partial charge in [0.2, 0.25) is 0 Å². The lowest BCUT2D eigenvalue weighted by Gasteiger charge is -2.27. The SMILES string of the molecule is CC1CC(NC(=O)N[C@@H]2CCCc3c(F)cc(F)cc32)c2nccn21. The molecule has 1 aromatic carbocycles. The number of benzene rings is 1. The Morgan fingerprint density at radius 3 is 2.92 bits per heavy atom. The Morgan fingerprint density at radius 2 is 2.08 bits per heavy atom. The van der Waals surface area contributed by atoms with Gasteiger partial charge in [-0.15, -0.1) is 0 Å². The van der Waals surface area contributed by atoms with Crippen LogP contribution in [0.3, 0.4) is 0 Å².